The molecule has 0 aliphatic carbocycles. The van der Waals surface area contributed by atoms with Crippen LogP contribution in [-0.4, -0.2) is 16.5 Å². The second-order valence-electron chi connectivity index (χ2n) is 4.16. The smallest absolute Gasteiger partial charge is 0.225 e. The van der Waals surface area contributed by atoms with E-state index in [1.54, 1.807) is 12.3 Å². The maximum absolute atomic E-state index is 5.79. The van der Waals surface area contributed by atoms with Gasteiger partial charge in [-0.15, -0.1) is 0 Å². The first-order chi connectivity index (χ1) is 9.19. The van der Waals surface area contributed by atoms with Crippen LogP contribution in [0.4, 0.5) is 5.95 Å². The number of anilines is 1. The third kappa shape index (κ3) is 3.92. The lowest BCUT2D eigenvalue weighted by Crippen LogP contribution is -2.04. The summed E-state index contributed by atoms with van der Waals surface area (Å²) in [5.74, 6) is 1.91. The maximum Gasteiger partial charge on any atom is 0.225 e. The molecule has 100 valence electrons. The molecule has 0 atom stereocenters. The minimum atomic E-state index is 0.537. The summed E-state index contributed by atoms with van der Waals surface area (Å²) in [4.78, 5) is 8.46. The molecule has 1 aromatic heterocycles. The lowest BCUT2D eigenvalue weighted by molar-refractivity contribution is 0.458. The van der Waals surface area contributed by atoms with Gasteiger partial charge in [0.25, 0.3) is 0 Å². The molecule has 1 heterocycles. The predicted octanol–water partition coefficient (Wildman–Crippen LogP) is 4.16. The third-order valence-corrected chi connectivity index (χ3v) is 3.02. The highest BCUT2D eigenvalue weighted by molar-refractivity contribution is 9.10. The van der Waals surface area contributed by atoms with Crippen LogP contribution in [0.25, 0.3) is 0 Å². The Kier molecular flexibility index (Phi) is 4.74. The highest BCUT2D eigenvalue weighted by atomic mass is 79.9. The number of hydrogen-bond donors (Lipinski definition) is 1. The van der Waals surface area contributed by atoms with E-state index >= 15 is 0 Å². The van der Waals surface area contributed by atoms with E-state index < -0.39 is 0 Å². The van der Waals surface area contributed by atoms with Crippen LogP contribution < -0.4 is 10.1 Å². The summed E-state index contributed by atoms with van der Waals surface area (Å²) in [5.41, 5.74) is 1.06. The Bertz CT molecular complexity index is 560. The van der Waals surface area contributed by atoms with Crippen LogP contribution >= 0.6 is 15.9 Å². The summed E-state index contributed by atoms with van der Waals surface area (Å²) < 4.78 is 6.77. The average molecular weight is 322 g/mol. The van der Waals surface area contributed by atoms with Gasteiger partial charge in [0.05, 0.1) is 0 Å². The van der Waals surface area contributed by atoms with Crippen LogP contribution in [-0.2, 0) is 0 Å². The van der Waals surface area contributed by atoms with Gasteiger partial charge in [-0.1, -0.05) is 28.9 Å². The van der Waals surface area contributed by atoms with Crippen molar-refractivity contribution in [3.8, 4) is 11.6 Å². The Balaban J connectivity index is 2.16. The van der Waals surface area contributed by atoms with Gasteiger partial charge >= 0.3 is 0 Å². The van der Waals surface area contributed by atoms with Crippen molar-refractivity contribution >= 4 is 21.9 Å². The number of rotatable bonds is 5. The third-order valence-electron chi connectivity index (χ3n) is 2.53. The fourth-order valence-corrected chi connectivity index (χ4v) is 1.86. The molecule has 0 spiro atoms. The zero-order valence-electron chi connectivity index (χ0n) is 11.0. The number of hydrogen-bond acceptors (Lipinski definition) is 4. The zero-order chi connectivity index (χ0) is 13.7. The van der Waals surface area contributed by atoms with Gasteiger partial charge in [0, 0.05) is 23.3 Å². The summed E-state index contributed by atoms with van der Waals surface area (Å²) in [7, 11) is 0. The lowest BCUT2D eigenvalue weighted by atomic mass is 10.2. The van der Waals surface area contributed by atoms with Gasteiger partial charge in [0.15, 0.2) is 0 Å². The molecule has 0 unspecified atom stereocenters. The molecule has 2 aromatic rings. The largest absolute Gasteiger partial charge is 0.439 e. The van der Waals surface area contributed by atoms with Gasteiger partial charge in [-0.2, -0.15) is 4.98 Å². The van der Waals surface area contributed by atoms with E-state index in [-0.39, 0.29) is 0 Å². The van der Waals surface area contributed by atoms with Gasteiger partial charge in [-0.3, -0.25) is 0 Å². The Morgan fingerprint density at radius 3 is 2.95 bits per heavy atom. The first-order valence-electron chi connectivity index (χ1n) is 6.20. The van der Waals surface area contributed by atoms with Crippen LogP contribution in [0, 0.1) is 6.92 Å². The number of ether oxygens (including phenoxy) is 1. The average Bonchev–Trinajstić information content (AvgIpc) is 2.41. The minimum Gasteiger partial charge on any atom is -0.439 e. The molecule has 2 rings (SSSR count). The summed E-state index contributed by atoms with van der Waals surface area (Å²) in [6.07, 6.45) is 2.72. The molecule has 0 fully saturated rings. The van der Waals surface area contributed by atoms with Crippen LogP contribution in [0.5, 0.6) is 11.6 Å². The molecule has 1 N–H and O–H groups in total. The van der Waals surface area contributed by atoms with Crippen molar-refractivity contribution < 1.29 is 4.74 Å². The first kappa shape index (κ1) is 13.8. The van der Waals surface area contributed by atoms with E-state index in [1.807, 2.05) is 25.1 Å². The van der Waals surface area contributed by atoms with Crippen molar-refractivity contribution in [3.63, 3.8) is 0 Å². The fourth-order valence-electron chi connectivity index (χ4n) is 1.52. The van der Waals surface area contributed by atoms with Gasteiger partial charge in [-0.05, 0) is 31.0 Å². The summed E-state index contributed by atoms with van der Waals surface area (Å²) in [5, 5.41) is 3.14. The van der Waals surface area contributed by atoms with E-state index in [4.69, 9.17) is 4.74 Å². The van der Waals surface area contributed by atoms with Crippen molar-refractivity contribution in [2.45, 2.75) is 20.3 Å². The highest BCUT2D eigenvalue weighted by Gasteiger charge is 2.05. The van der Waals surface area contributed by atoms with Crippen molar-refractivity contribution in [2.75, 3.05) is 11.9 Å². The maximum atomic E-state index is 5.79. The monoisotopic (exact) mass is 321 g/mol. The Labute approximate surface area is 121 Å². The molecule has 19 heavy (non-hydrogen) atoms. The van der Waals surface area contributed by atoms with Crippen LogP contribution in [0.1, 0.15) is 18.9 Å². The van der Waals surface area contributed by atoms with E-state index in [1.165, 1.54) is 0 Å². The van der Waals surface area contributed by atoms with Crippen LogP contribution in [0.3, 0.4) is 0 Å². The molecule has 4 nitrogen and oxygen atoms in total. The molecule has 0 aliphatic rings. The molecular formula is C14H16BrN3O. The summed E-state index contributed by atoms with van der Waals surface area (Å²) in [6, 6.07) is 7.65. The zero-order valence-corrected chi connectivity index (χ0v) is 12.6. The Morgan fingerprint density at radius 1 is 1.32 bits per heavy atom. The number of halogens is 1. The molecule has 5 heteroatoms. The quantitative estimate of drug-likeness (QED) is 0.898. The highest BCUT2D eigenvalue weighted by Crippen LogP contribution is 2.27. The van der Waals surface area contributed by atoms with Crippen LogP contribution in [0.15, 0.2) is 34.9 Å². The topological polar surface area (TPSA) is 47.0 Å². The van der Waals surface area contributed by atoms with Gasteiger partial charge in [-0.25, -0.2) is 4.98 Å². The second-order valence-corrected chi connectivity index (χ2v) is 5.07. The van der Waals surface area contributed by atoms with E-state index in [2.05, 4.69) is 38.1 Å². The summed E-state index contributed by atoms with van der Waals surface area (Å²) in [6.45, 7) is 4.94. The molecule has 0 saturated carbocycles. The molecule has 0 saturated heterocycles. The van der Waals surface area contributed by atoms with E-state index in [9.17, 15) is 0 Å². The number of benzene rings is 1. The van der Waals surface area contributed by atoms with Gasteiger partial charge < -0.3 is 10.1 Å². The predicted molar refractivity (Wildman–Crippen MR) is 79.8 cm³/mol. The molecular weight excluding hydrogens is 306 g/mol. The standard InChI is InChI=1S/C14H16BrN3O/c1-3-7-16-14-17-8-6-13(18-14)19-12-9-11(15)5-4-10(12)2/h4-6,8-9H,3,7H2,1-2H3,(H,16,17,18). The first-order valence-corrected chi connectivity index (χ1v) is 6.99. The van der Waals surface area contributed by atoms with E-state index in [0.717, 1.165) is 28.8 Å². The second kappa shape index (κ2) is 6.52. The number of aromatic nitrogens is 2. The Hall–Kier alpha value is -1.62. The minimum absolute atomic E-state index is 0.537. The van der Waals surface area contributed by atoms with Crippen LogP contribution in [0.2, 0.25) is 0 Å². The molecule has 0 amide bonds. The number of nitrogens with one attached hydrogen (secondary N) is 1. The van der Waals surface area contributed by atoms with E-state index in [0.29, 0.717) is 11.8 Å². The SMILES string of the molecule is CCCNc1nccc(Oc2cc(Br)ccc2C)n1. The van der Waals surface area contributed by atoms with Crippen molar-refractivity contribution in [2.24, 2.45) is 0 Å². The fraction of sp³-hybridized carbons (Fsp3) is 0.286. The molecule has 0 aliphatic heterocycles. The van der Waals surface area contributed by atoms with Crippen molar-refractivity contribution in [1.82, 2.24) is 9.97 Å². The summed E-state index contributed by atoms with van der Waals surface area (Å²) >= 11 is 3.43. The Morgan fingerprint density at radius 2 is 2.16 bits per heavy atom. The lowest BCUT2D eigenvalue weighted by Gasteiger charge is -2.09. The normalized spacial score (nSPS) is 10.3. The number of aryl methyl sites for hydroxylation is 1. The molecule has 1 aromatic carbocycles. The number of nitrogens with zero attached hydrogens (tertiary/aromatic N) is 2. The van der Waals surface area contributed by atoms with Gasteiger partial charge in [0.2, 0.25) is 11.8 Å². The van der Waals surface area contributed by atoms with Crippen molar-refractivity contribution in [3.05, 3.63) is 40.5 Å². The van der Waals surface area contributed by atoms with Crippen molar-refractivity contribution in [1.29, 1.82) is 0 Å². The van der Waals surface area contributed by atoms with Gasteiger partial charge in [0.1, 0.15) is 5.75 Å². The molecule has 0 bridgehead atoms. The molecule has 0 radical (unpaired) electrons.